The van der Waals surface area contributed by atoms with Gasteiger partial charge in [0.15, 0.2) is 11.5 Å². The molecule has 0 N–H and O–H groups in total. The SMILES string of the molecule is COC(=O)CCOc1ccc2cc(-c3oc(=O)c(C)c(OC(C)=O)c3C)oc2c1. The molecule has 2 heterocycles. The number of benzene rings is 1. The van der Waals surface area contributed by atoms with E-state index in [0.717, 1.165) is 5.39 Å². The molecule has 0 spiro atoms. The highest BCUT2D eigenvalue weighted by molar-refractivity contribution is 5.84. The van der Waals surface area contributed by atoms with Gasteiger partial charge in [0.25, 0.3) is 0 Å². The molecule has 0 radical (unpaired) electrons. The molecule has 1 aromatic carbocycles. The molecular weight excluding hydrogens is 380 g/mol. The number of furan rings is 1. The van der Waals surface area contributed by atoms with E-state index in [1.54, 1.807) is 31.2 Å². The first-order valence-corrected chi connectivity index (χ1v) is 8.86. The van der Waals surface area contributed by atoms with Gasteiger partial charge in [-0.1, -0.05) is 0 Å². The Kier molecular flexibility index (Phi) is 5.72. The van der Waals surface area contributed by atoms with Crippen LogP contribution in [0.5, 0.6) is 11.5 Å². The second-order valence-electron chi connectivity index (χ2n) is 6.38. The minimum atomic E-state index is -0.617. The molecule has 0 aliphatic heterocycles. The summed E-state index contributed by atoms with van der Waals surface area (Å²) in [6.45, 7) is 4.63. The Morgan fingerprint density at radius 3 is 2.52 bits per heavy atom. The van der Waals surface area contributed by atoms with Gasteiger partial charge in [-0.15, -0.1) is 0 Å². The fourth-order valence-electron chi connectivity index (χ4n) is 2.82. The van der Waals surface area contributed by atoms with E-state index in [9.17, 15) is 14.4 Å². The highest BCUT2D eigenvalue weighted by Gasteiger charge is 2.21. The third-order valence-electron chi connectivity index (χ3n) is 4.29. The van der Waals surface area contributed by atoms with Crippen LogP contribution in [0.25, 0.3) is 22.5 Å². The average Bonchev–Trinajstić information content (AvgIpc) is 3.10. The first kappa shape index (κ1) is 20.2. The van der Waals surface area contributed by atoms with Crippen LogP contribution in [0.15, 0.2) is 37.9 Å². The fraction of sp³-hybridized carbons (Fsp3) is 0.286. The van der Waals surface area contributed by atoms with E-state index >= 15 is 0 Å². The Balaban J connectivity index is 1.94. The van der Waals surface area contributed by atoms with Crippen LogP contribution in [-0.2, 0) is 14.3 Å². The lowest BCUT2D eigenvalue weighted by molar-refractivity contribution is -0.141. The zero-order chi connectivity index (χ0) is 21.1. The molecular formula is C21H20O8. The lowest BCUT2D eigenvalue weighted by Crippen LogP contribution is -2.12. The fourth-order valence-corrected chi connectivity index (χ4v) is 2.82. The molecule has 0 saturated carbocycles. The first-order valence-electron chi connectivity index (χ1n) is 8.86. The smallest absolute Gasteiger partial charge is 0.343 e. The van der Waals surface area contributed by atoms with Crippen molar-refractivity contribution in [3.05, 3.63) is 45.8 Å². The maximum absolute atomic E-state index is 12.2. The summed E-state index contributed by atoms with van der Waals surface area (Å²) in [6, 6.07) is 6.90. The van der Waals surface area contributed by atoms with Gasteiger partial charge in [0, 0.05) is 23.9 Å². The molecule has 0 saturated heterocycles. The number of rotatable bonds is 6. The molecule has 0 atom stereocenters. The van der Waals surface area contributed by atoms with Crippen LogP contribution in [0.1, 0.15) is 24.5 Å². The van der Waals surface area contributed by atoms with Crippen molar-refractivity contribution in [2.24, 2.45) is 0 Å². The van der Waals surface area contributed by atoms with Crippen LogP contribution < -0.4 is 15.1 Å². The van der Waals surface area contributed by atoms with Crippen LogP contribution in [0.4, 0.5) is 0 Å². The highest BCUT2D eigenvalue weighted by Crippen LogP contribution is 2.35. The van der Waals surface area contributed by atoms with E-state index in [1.807, 2.05) is 0 Å². The average molecular weight is 400 g/mol. The van der Waals surface area contributed by atoms with Gasteiger partial charge < -0.3 is 23.0 Å². The topological polar surface area (TPSA) is 105 Å². The third kappa shape index (κ3) is 4.31. The lowest BCUT2D eigenvalue weighted by Gasteiger charge is -2.10. The highest BCUT2D eigenvalue weighted by atomic mass is 16.5. The van der Waals surface area contributed by atoms with Gasteiger partial charge in [0.05, 0.1) is 25.7 Å². The molecule has 0 amide bonds. The van der Waals surface area contributed by atoms with Crippen LogP contribution in [0.2, 0.25) is 0 Å². The number of carbonyl (C=O) groups excluding carboxylic acids is 2. The lowest BCUT2D eigenvalue weighted by atomic mass is 10.1. The summed E-state index contributed by atoms with van der Waals surface area (Å²) in [7, 11) is 1.32. The van der Waals surface area contributed by atoms with E-state index in [1.165, 1.54) is 21.0 Å². The molecule has 0 aliphatic rings. The van der Waals surface area contributed by atoms with Crippen LogP contribution >= 0.6 is 0 Å². The van der Waals surface area contributed by atoms with E-state index in [2.05, 4.69) is 4.74 Å². The number of carbonyl (C=O) groups is 2. The second kappa shape index (κ2) is 8.22. The Labute approximate surface area is 166 Å². The maximum atomic E-state index is 12.2. The number of hydrogen-bond donors (Lipinski definition) is 0. The minimum absolute atomic E-state index is 0.130. The first-order chi connectivity index (χ1) is 13.8. The van der Waals surface area contributed by atoms with Crippen LogP contribution in [-0.4, -0.2) is 25.7 Å². The number of fused-ring (bicyclic) bond motifs is 1. The Hall–Kier alpha value is -3.55. The Morgan fingerprint density at radius 2 is 1.83 bits per heavy atom. The van der Waals surface area contributed by atoms with Crippen molar-refractivity contribution < 1.29 is 32.6 Å². The molecule has 2 aromatic heterocycles. The molecule has 29 heavy (non-hydrogen) atoms. The van der Waals surface area contributed by atoms with Crippen molar-refractivity contribution in [3.8, 4) is 23.0 Å². The molecule has 8 nitrogen and oxygen atoms in total. The van der Waals surface area contributed by atoms with E-state index in [0.29, 0.717) is 22.7 Å². The van der Waals surface area contributed by atoms with Gasteiger partial charge in [0.1, 0.15) is 17.1 Å². The van der Waals surface area contributed by atoms with Crippen molar-refractivity contribution >= 4 is 22.9 Å². The summed E-state index contributed by atoms with van der Waals surface area (Å²) in [5.74, 6) is 0.280. The van der Waals surface area contributed by atoms with Gasteiger partial charge in [-0.05, 0) is 32.0 Å². The Bertz CT molecular complexity index is 1140. The molecule has 152 valence electrons. The quantitative estimate of drug-likeness (QED) is 0.579. The minimum Gasteiger partial charge on any atom is -0.493 e. The monoisotopic (exact) mass is 400 g/mol. The summed E-state index contributed by atoms with van der Waals surface area (Å²) in [4.78, 5) is 34.7. The van der Waals surface area contributed by atoms with Crippen LogP contribution in [0.3, 0.4) is 0 Å². The summed E-state index contributed by atoms with van der Waals surface area (Å²) < 4.78 is 26.5. The van der Waals surface area contributed by atoms with E-state index in [-0.39, 0.29) is 36.1 Å². The molecule has 0 fully saturated rings. The summed E-state index contributed by atoms with van der Waals surface area (Å²) in [5, 5.41) is 0.761. The van der Waals surface area contributed by atoms with Crippen molar-refractivity contribution in [2.75, 3.05) is 13.7 Å². The summed E-state index contributed by atoms with van der Waals surface area (Å²) >= 11 is 0. The number of esters is 2. The number of methoxy groups -OCH3 is 1. The van der Waals surface area contributed by atoms with Gasteiger partial charge in [-0.2, -0.15) is 0 Å². The molecule has 3 rings (SSSR count). The number of hydrogen-bond acceptors (Lipinski definition) is 8. The predicted octanol–water partition coefficient (Wildman–Crippen LogP) is 3.54. The maximum Gasteiger partial charge on any atom is 0.343 e. The molecule has 0 unspecified atom stereocenters. The normalized spacial score (nSPS) is 10.8. The molecule has 0 bridgehead atoms. The van der Waals surface area contributed by atoms with E-state index in [4.69, 9.17) is 18.3 Å². The third-order valence-corrected chi connectivity index (χ3v) is 4.29. The van der Waals surface area contributed by atoms with Crippen molar-refractivity contribution in [2.45, 2.75) is 27.2 Å². The standard InChI is InChI=1S/C21H20O8/c1-11-19(27-13(3)22)12(2)21(24)29-20(11)17-9-14-5-6-15(10-16(14)28-17)26-8-7-18(23)25-4/h5-6,9-10H,7-8H2,1-4H3. The van der Waals surface area contributed by atoms with E-state index < -0.39 is 11.6 Å². The second-order valence-corrected chi connectivity index (χ2v) is 6.38. The Morgan fingerprint density at radius 1 is 1.07 bits per heavy atom. The molecule has 3 aromatic rings. The number of ether oxygens (including phenoxy) is 3. The van der Waals surface area contributed by atoms with Crippen molar-refractivity contribution in [1.29, 1.82) is 0 Å². The molecule has 0 aliphatic carbocycles. The zero-order valence-electron chi connectivity index (χ0n) is 16.5. The van der Waals surface area contributed by atoms with Gasteiger partial charge in [0.2, 0.25) is 0 Å². The largest absolute Gasteiger partial charge is 0.493 e. The molecule has 8 heteroatoms. The van der Waals surface area contributed by atoms with Crippen LogP contribution in [0, 0.1) is 13.8 Å². The van der Waals surface area contributed by atoms with Crippen molar-refractivity contribution in [3.63, 3.8) is 0 Å². The summed E-state index contributed by atoms with van der Waals surface area (Å²) in [5.41, 5.74) is 0.575. The van der Waals surface area contributed by atoms with Crippen molar-refractivity contribution in [1.82, 2.24) is 0 Å². The van der Waals surface area contributed by atoms with Gasteiger partial charge in [-0.3, -0.25) is 9.59 Å². The van der Waals surface area contributed by atoms with Gasteiger partial charge >= 0.3 is 17.6 Å². The summed E-state index contributed by atoms with van der Waals surface area (Å²) in [6.07, 6.45) is 0.130. The van der Waals surface area contributed by atoms with Gasteiger partial charge in [-0.25, -0.2) is 4.79 Å². The predicted molar refractivity (Wildman–Crippen MR) is 103 cm³/mol. The zero-order valence-corrected chi connectivity index (χ0v) is 16.5.